The van der Waals surface area contributed by atoms with Crippen LogP contribution in [0, 0.1) is 0 Å². The average Bonchev–Trinajstić information content (AvgIpc) is 3.41. The van der Waals surface area contributed by atoms with Gasteiger partial charge in [-0.15, -0.1) is 15.3 Å². The number of likely N-dealkylation sites (tertiary alicyclic amines) is 1. The average molecular weight is 440 g/mol. The maximum atomic E-state index is 12.2. The van der Waals surface area contributed by atoms with Gasteiger partial charge in [-0.1, -0.05) is 54.2 Å². The van der Waals surface area contributed by atoms with Gasteiger partial charge < -0.3 is 15.5 Å². The molecule has 1 saturated heterocycles. The van der Waals surface area contributed by atoms with E-state index >= 15 is 0 Å². The second-order valence-corrected chi connectivity index (χ2v) is 8.37. The zero-order valence-electron chi connectivity index (χ0n) is 18.2. The lowest BCUT2D eigenvalue weighted by atomic mass is 10.1. The minimum Gasteiger partial charge on any atom is -0.355 e. The van der Waals surface area contributed by atoms with Crippen molar-refractivity contribution in [1.82, 2.24) is 15.1 Å². The fourth-order valence-corrected chi connectivity index (χ4v) is 3.86. The van der Waals surface area contributed by atoms with E-state index in [1.807, 2.05) is 56.5 Å². The highest BCUT2D eigenvalue weighted by Gasteiger charge is 2.25. The third-order valence-corrected chi connectivity index (χ3v) is 5.74. The van der Waals surface area contributed by atoms with E-state index in [-0.39, 0.29) is 11.9 Å². The van der Waals surface area contributed by atoms with Crippen LogP contribution in [0.3, 0.4) is 0 Å². The van der Waals surface area contributed by atoms with E-state index in [0.717, 1.165) is 37.3 Å². The van der Waals surface area contributed by atoms with Crippen molar-refractivity contribution in [3.05, 3.63) is 59.6 Å². The highest BCUT2D eigenvalue weighted by molar-refractivity contribution is 7.19. The van der Waals surface area contributed by atoms with E-state index < -0.39 is 0 Å². The van der Waals surface area contributed by atoms with Crippen LogP contribution in [0.25, 0.3) is 0 Å². The fraction of sp³-hybridized carbons (Fsp3) is 0.409. The van der Waals surface area contributed by atoms with E-state index in [2.05, 4.69) is 42.9 Å². The molecule has 1 amide bonds. The van der Waals surface area contributed by atoms with Gasteiger partial charge in [0.25, 0.3) is 0 Å². The highest BCUT2D eigenvalue weighted by atomic mass is 32.1. The Morgan fingerprint density at radius 2 is 2.06 bits per heavy atom. The molecule has 1 aliphatic rings. The number of hydrogen-bond donors (Lipinski definition) is 2. The fourth-order valence-electron chi connectivity index (χ4n) is 3.12. The van der Waals surface area contributed by atoms with Gasteiger partial charge >= 0.3 is 0 Å². The van der Waals surface area contributed by atoms with Gasteiger partial charge in [-0.3, -0.25) is 4.79 Å². The number of carbonyl (C=O) groups is 1. The molecule has 164 valence electrons. The predicted molar refractivity (Wildman–Crippen MR) is 125 cm³/mol. The van der Waals surface area contributed by atoms with Crippen LogP contribution in [0.2, 0.25) is 0 Å². The van der Waals surface area contributed by atoms with Crippen molar-refractivity contribution in [2.24, 2.45) is 10.2 Å². The van der Waals surface area contributed by atoms with Crippen LogP contribution in [-0.2, 0) is 11.2 Å². The Bertz CT molecular complexity index is 952. The molecule has 1 aliphatic heterocycles. The molecule has 3 rings (SSSR count). The summed E-state index contributed by atoms with van der Waals surface area (Å²) < 4.78 is 0. The lowest BCUT2D eigenvalue weighted by molar-refractivity contribution is -0.115. The number of nitrogens with one attached hydrogen (secondary N) is 2. The first-order valence-corrected chi connectivity index (χ1v) is 11.3. The van der Waals surface area contributed by atoms with Crippen molar-refractivity contribution in [3.63, 3.8) is 0 Å². The van der Waals surface area contributed by atoms with Crippen LogP contribution in [0.1, 0.15) is 39.2 Å². The molecule has 0 saturated carbocycles. The molecule has 0 bridgehead atoms. The Balaban J connectivity index is 1.49. The third-order valence-electron chi connectivity index (χ3n) is 4.97. The first-order valence-electron chi connectivity index (χ1n) is 10.5. The molecule has 1 unspecified atom stereocenters. The number of amides is 1. The molecule has 0 aliphatic carbocycles. The molecule has 1 aromatic heterocycles. The molecule has 2 N–H and O–H groups in total. The first-order chi connectivity index (χ1) is 15.1. The summed E-state index contributed by atoms with van der Waals surface area (Å²) in [6.07, 6.45) is 6.04. The van der Waals surface area contributed by atoms with E-state index in [4.69, 9.17) is 0 Å². The van der Waals surface area contributed by atoms with Gasteiger partial charge in [-0.2, -0.15) is 5.11 Å². The van der Waals surface area contributed by atoms with Crippen molar-refractivity contribution in [3.8, 4) is 0 Å². The number of azo groups is 1. The third kappa shape index (κ3) is 6.99. The van der Waals surface area contributed by atoms with E-state index in [0.29, 0.717) is 16.7 Å². The van der Waals surface area contributed by atoms with Crippen molar-refractivity contribution in [2.45, 2.75) is 46.1 Å². The summed E-state index contributed by atoms with van der Waals surface area (Å²) in [7, 11) is 0. The number of aromatic nitrogens is 2. The van der Waals surface area contributed by atoms with Crippen LogP contribution in [-0.4, -0.2) is 40.1 Å². The summed E-state index contributed by atoms with van der Waals surface area (Å²) in [6.45, 7) is 7.82. The molecule has 9 heteroatoms. The highest BCUT2D eigenvalue weighted by Crippen LogP contribution is 2.24. The molecule has 8 nitrogen and oxygen atoms in total. The Hall–Kier alpha value is -3.07. The number of nitrogens with zero attached hydrogens (tertiary/aromatic N) is 5. The van der Waals surface area contributed by atoms with E-state index in [1.54, 1.807) is 0 Å². The number of hydrogen-bond acceptors (Lipinski definition) is 8. The Morgan fingerprint density at radius 1 is 1.29 bits per heavy atom. The van der Waals surface area contributed by atoms with Crippen LogP contribution >= 0.6 is 11.3 Å². The first kappa shape index (κ1) is 22.6. The van der Waals surface area contributed by atoms with Gasteiger partial charge in [0.15, 0.2) is 0 Å². The largest absolute Gasteiger partial charge is 0.355 e. The molecule has 0 spiro atoms. The van der Waals surface area contributed by atoms with Crippen LogP contribution < -0.4 is 10.6 Å². The minimum absolute atomic E-state index is 0.101. The molecule has 31 heavy (non-hydrogen) atoms. The van der Waals surface area contributed by atoms with Gasteiger partial charge in [0, 0.05) is 25.3 Å². The smallest absolute Gasteiger partial charge is 0.230 e. The van der Waals surface area contributed by atoms with E-state index in [9.17, 15) is 4.79 Å². The number of carbonyl (C=O) groups excluding carboxylic acids is 1. The lowest BCUT2D eigenvalue weighted by Crippen LogP contribution is -2.25. The number of benzene rings is 1. The quantitative estimate of drug-likeness (QED) is 0.546. The topological polar surface area (TPSA) is 94.9 Å². The van der Waals surface area contributed by atoms with Gasteiger partial charge in [-0.25, -0.2) is 0 Å². The van der Waals surface area contributed by atoms with Crippen molar-refractivity contribution in [1.29, 1.82) is 0 Å². The molecule has 1 aromatic carbocycles. The standard InChI is InChI=1S/C22H29N7OS/c1-4-16(3)14-23-26-19(5-2)29-12-11-18(15-29)24-21-27-28-22(31-21)25-20(30)13-17-9-7-6-8-10-17/h5-10,14,18H,4,11-13,15H2,1-3H3,(H,24,27)(H,25,28,30)/b16-14-,19-5+,26-23-. The molecule has 2 heterocycles. The van der Waals surface area contributed by atoms with Crippen molar-refractivity contribution in [2.75, 3.05) is 23.7 Å². The van der Waals surface area contributed by atoms with Gasteiger partial charge in [-0.05, 0) is 38.3 Å². The summed E-state index contributed by atoms with van der Waals surface area (Å²) in [4.78, 5) is 14.4. The maximum Gasteiger partial charge on any atom is 0.230 e. The summed E-state index contributed by atoms with van der Waals surface area (Å²) in [5.74, 6) is 0.770. The lowest BCUT2D eigenvalue weighted by Gasteiger charge is -2.17. The van der Waals surface area contributed by atoms with Gasteiger partial charge in [0.05, 0.1) is 6.42 Å². The second-order valence-electron chi connectivity index (χ2n) is 7.39. The SMILES string of the molecule is C\C=C(/N=N\C=C(\C)CC)N1CCC(Nc2nnc(NC(=O)Cc3ccccc3)s2)C1. The van der Waals surface area contributed by atoms with E-state index in [1.165, 1.54) is 16.9 Å². The number of rotatable bonds is 9. The Labute approximate surface area is 187 Å². The summed E-state index contributed by atoms with van der Waals surface area (Å²) in [6, 6.07) is 9.87. The summed E-state index contributed by atoms with van der Waals surface area (Å²) in [5.41, 5.74) is 2.16. The molecule has 2 aromatic rings. The monoisotopic (exact) mass is 439 g/mol. The summed E-state index contributed by atoms with van der Waals surface area (Å²) >= 11 is 1.35. The van der Waals surface area contributed by atoms with Crippen LogP contribution in [0.15, 0.2) is 64.2 Å². The molecular weight excluding hydrogens is 410 g/mol. The zero-order chi connectivity index (χ0) is 22.1. The number of anilines is 2. The molecular formula is C22H29N7OS. The maximum absolute atomic E-state index is 12.2. The molecule has 1 atom stereocenters. The normalized spacial score (nSPS) is 17.4. The predicted octanol–water partition coefficient (Wildman–Crippen LogP) is 4.83. The zero-order valence-corrected chi connectivity index (χ0v) is 19.0. The molecule has 0 radical (unpaired) electrons. The Kier molecular flexibility index (Phi) is 8.28. The van der Waals surface area contributed by atoms with Gasteiger partial charge in [0.2, 0.25) is 16.2 Å². The van der Waals surface area contributed by atoms with Crippen LogP contribution in [0.5, 0.6) is 0 Å². The summed E-state index contributed by atoms with van der Waals surface area (Å²) in [5, 5.41) is 24.3. The minimum atomic E-state index is -0.101. The Morgan fingerprint density at radius 3 is 2.81 bits per heavy atom. The van der Waals surface area contributed by atoms with Gasteiger partial charge in [0.1, 0.15) is 5.82 Å². The van der Waals surface area contributed by atoms with Crippen LogP contribution in [0.4, 0.5) is 10.3 Å². The molecule has 1 fully saturated rings. The second kappa shape index (κ2) is 11.4. The van der Waals surface area contributed by atoms with Crippen molar-refractivity contribution < 1.29 is 4.79 Å². The number of allylic oxidation sites excluding steroid dienone is 2. The van der Waals surface area contributed by atoms with Crippen molar-refractivity contribution >= 4 is 27.5 Å².